The van der Waals surface area contributed by atoms with E-state index in [1.165, 1.54) is 0 Å². The lowest BCUT2D eigenvalue weighted by molar-refractivity contribution is -0.125. The van der Waals surface area contributed by atoms with Crippen molar-refractivity contribution in [2.75, 3.05) is 0 Å². The van der Waals surface area contributed by atoms with Gasteiger partial charge in [-0.3, -0.25) is 15.1 Å². The molecule has 0 bridgehead atoms. The Bertz CT molecular complexity index is 656. The summed E-state index contributed by atoms with van der Waals surface area (Å²) >= 11 is 0. The van der Waals surface area contributed by atoms with E-state index in [4.69, 9.17) is 10.5 Å². The predicted octanol–water partition coefficient (Wildman–Crippen LogP) is 2.65. The zero-order valence-corrected chi connectivity index (χ0v) is 14.5. The fourth-order valence-electron chi connectivity index (χ4n) is 2.21. The Kier molecular flexibility index (Phi) is 5.93. The van der Waals surface area contributed by atoms with Gasteiger partial charge in [-0.15, -0.1) is 0 Å². The van der Waals surface area contributed by atoms with Crippen LogP contribution in [0.1, 0.15) is 32.0 Å². The van der Waals surface area contributed by atoms with E-state index in [0.717, 1.165) is 17.0 Å². The van der Waals surface area contributed by atoms with E-state index < -0.39 is 5.54 Å². The maximum absolute atomic E-state index is 11.7. The summed E-state index contributed by atoms with van der Waals surface area (Å²) in [5, 5.41) is 3.26. The Morgan fingerprint density at radius 1 is 1.25 bits per heavy atom. The Morgan fingerprint density at radius 2 is 1.96 bits per heavy atom. The Labute approximate surface area is 143 Å². The molecule has 1 atom stereocenters. The maximum Gasteiger partial charge on any atom is 0.237 e. The number of aromatic nitrogens is 1. The van der Waals surface area contributed by atoms with E-state index in [1.807, 2.05) is 63.2 Å². The molecule has 0 aliphatic rings. The van der Waals surface area contributed by atoms with Crippen molar-refractivity contribution < 1.29 is 9.53 Å². The fourth-order valence-corrected chi connectivity index (χ4v) is 2.21. The van der Waals surface area contributed by atoms with Gasteiger partial charge in [0.05, 0.1) is 11.2 Å². The number of benzene rings is 1. The smallest absolute Gasteiger partial charge is 0.237 e. The van der Waals surface area contributed by atoms with E-state index in [-0.39, 0.29) is 11.8 Å². The number of amides is 1. The monoisotopic (exact) mass is 327 g/mol. The van der Waals surface area contributed by atoms with Gasteiger partial charge in [0.25, 0.3) is 0 Å². The summed E-state index contributed by atoms with van der Waals surface area (Å²) in [6, 6.07) is 13.5. The molecular formula is C19H25N3O2. The Morgan fingerprint density at radius 3 is 2.50 bits per heavy atom. The van der Waals surface area contributed by atoms with Crippen LogP contribution < -0.4 is 15.8 Å². The van der Waals surface area contributed by atoms with Crippen LogP contribution in [0.2, 0.25) is 0 Å². The number of nitrogens with two attached hydrogens (primary N) is 1. The number of carbonyl (C=O) groups is 1. The van der Waals surface area contributed by atoms with Crippen LogP contribution in [-0.4, -0.2) is 16.4 Å². The van der Waals surface area contributed by atoms with E-state index in [9.17, 15) is 4.79 Å². The van der Waals surface area contributed by atoms with Gasteiger partial charge >= 0.3 is 0 Å². The van der Waals surface area contributed by atoms with Crippen molar-refractivity contribution in [1.82, 2.24) is 10.3 Å². The van der Waals surface area contributed by atoms with Gasteiger partial charge < -0.3 is 10.5 Å². The standard InChI is InChI=1S/C19H25N3O2/c1-14(2)19(3,18(20)23)22-12-15-7-9-17(10-8-15)24-13-16-6-4-5-11-21-16/h4-11,14,22H,12-13H2,1-3H3,(H2,20,23). The molecule has 2 rings (SSSR count). The van der Waals surface area contributed by atoms with Crippen molar-refractivity contribution in [3.8, 4) is 5.75 Å². The van der Waals surface area contributed by atoms with Crippen molar-refractivity contribution >= 4 is 5.91 Å². The minimum Gasteiger partial charge on any atom is -0.487 e. The van der Waals surface area contributed by atoms with E-state index >= 15 is 0 Å². The number of pyridine rings is 1. The summed E-state index contributed by atoms with van der Waals surface area (Å²) in [5.74, 6) is 0.551. The predicted molar refractivity (Wildman–Crippen MR) is 94.3 cm³/mol. The summed E-state index contributed by atoms with van der Waals surface area (Å²) < 4.78 is 5.71. The number of carbonyl (C=O) groups excluding carboxylic acids is 1. The highest BCUT2D eigenvalue weighted by Gasteiger charge is 2.33. The number of hydrogen-bond acceptors (Lipinski definition) is 4. The maximum atomic E-state index is 11.7. The molecule has 1 unspecified atom stereocenters. The number of nitrogens with one attached hydrogen (secondary N) is 1. The SMILES string of the molecule is CC(C)C(C)(NCc1ccc(OCc2ccccn2)cc1)C(N)=O. The van der Waals surface area contributed by atoms with E-state index in [0.29, 0.717) is 13.2 Å². The lowest BCUT2D eigenvalue weighted by Gasteiger charge is -2.31. The second-order valence-corrected chi connectivity index (χ2v) is 6.33. The molecule has 1 aromatic heterocycles. The Hall–Kier alpha value is -2.40. The summed E-state index contributed by atoms with van der Waals surface area (Å²) in [4.78, 5) is 15.9. The van der Waals surface area contributed by atoms with Crippen molar-refractivity contribution in [2.24, 2.45) is 11.7 Å². The van der Waals surface area contributed by atoms with Crippen LogP contribution in [-0.2, 0) is 17.9 Å². The van der Waals surface area contributed by atoms with Gasteiger partial charge in [0.15, 0.2) is 0 Å². The molecule has 1 heterocycles. The number of nitrogens with zero attached hydrogens (tertiary/aromatic N) is 1. The third kappa shape index (κ3) is 4.55. The highest BCUT2D eigenvalue weighted by atomic mass is 16.5. The molecule has 128 valence electrons. The highest BCUT2D eigenvalue weighted by molar-refractivity contribution is 5.84. The fraction of sp³-hybridized carbons (Fsp3) is 0.368. The van der Waals surface area contributed by atoms with E-state index in [1.54, 1.807) is 6.20 Å². The van der Waals surface area contributed by atoms with Crippen LogP contribution in [0.3, 0.4) is 0 Å². The second-order valence-electron chi connectivity index (χ2n) is 6.33. The zero-order valence-electron chi connectivity index (χ0n) is 14.5. The molecule has 5 nitrogen and oxygen atoms in total. The molecule has 0 aliphatic heterocycles. The van der Waals surface area contributed by atoms with Crippen LogP contribution >= 0.6 is 0 Å². The summed E-state index contributed by atoms with van der Waals surface area (Å²) in [5.41, 5.74) is 6.75. The lowest BCUT2D eigenvalue weighted by Crippen LogP contribution is -2.56. The first-order valence-corrected chi connectivity index (χ1v) is 8.08. The summed E-state index contributed by atoms with van der Waals surface area (Å²) in [7, 11) is 0. The van der Waals surface area contributed by atoms with Gasteiger partial charge in [0, 0.05) is 12.7 Å². The first-order chi connectivity index (χ1) is 11.4. The molecule has 1 amide bonds. The molecule has 0 radical (unpaired) electrons. The number of hydrogen-bond donors (Lipinski definition) is 2. The molecule has 24 heavy (non-hydrogen) atoms. The molecule has 3 N–H and O–H groups in total. The number of rotatable bonds is 8. The number of primary amides is 1. The first-order valence-electron chi connectivity index (χ1n) is 8.08. The molecule has 0 saturated carbocycles. The Balaban J connectivity index is 1.91. The quantitative estimate of drug-likeness (QED) is 0.781. The van der Waals surface area contributed by atoms with Gasteiger partial charge in [-0.25, -0.2) is 0 Å². The molecule has 0 fully saturated rings. The second kappa shape index (κ2) is 7.93. The van der Waals surface area contributed by atoms with Crippen LogP contribution in [0.4, 0.5) is 0 Å². The third-order valence-corrected chi connectivity index (χ3v) is 4.36. The van der Waals surface area contributed by atoms with Gasteiger partial charge in [-0.05, 0) is 42.7 Å². The largest absolute Gasteiger partial charge is 0.487 e. The normalized spacial score (nSPS) is 13.5. The van der Waals surface area contributed by atoms with Gasteiger partial charge in [-0.1, -0.05) is 32.0 Å². The van der Waals surface area contributed by atoms with Gasteiger partial charge in [0.2, 0.25) is 5.91 Å². The highest BCUT2D eigenvalue weighted by Crippen LogP contribution is 2.18. The molecule has 1 aromatic carbocycles. The van der Waals surface area contributed by atoms with Crippen molar-refractivity contribution in [3.05, 3.63) is 59.9 Å². The van der Waals surface area contributed by atoms with Crippen molar-refractivity contribution in [1.29, 1.82) is 0 Å². The minimum absolute atomic E-state index is 0.107. The number of ether oxygens (including phenoxy) is 1. The topological polar surface area (TPSA) is 77.2 Å². The molecule has 0 spiro atoms. The average Bonchev–Trinajstić information content (AvgIpc) is 2.59. The lowest BCUT2D eigenvalue weighted by atomic mass is 9.87. The van der Waals surface area contributed by atoms with Crippen molar-refractivity contribution in [2.45, 2.75) is 39.5 Å². The van der Waals surface area contributed by atoms with Crippen LogP contribution in [0.5, 0.6) is 5.75 Å². The minimum atomic E-state index is -0.728. The van der Waals surface area contributed by atoms with E-state index in [2.05, 4.69) is 10.3 Å². The van der Waals surface area contributed by atoms with Gasteiger partial charge in [-0.2, -0.15) is 0 Å². The molecule has 0 aliphatic carbocycles. The van der Waals surface area contributed by atoms with Crippen molar-refractivity contribution in [3.63, 3.8) is 0 Å². The average molecular weight is 327 g/mol. The van der Waals surface area contributed by atoms with Crippen LogP contribution in [0.25, 0.3) is 0 Å². The third-order valence-electron chi connectivity index (χ3n) is 4.36. The first kappa shape index (κ1) is 17.9. The molecular weight excluding hydrogens is 302 g/mol. The molecule has 5 heteroatoms. The van der Waals surface area contributed by atoms with Crippen LogP contribution in [0.15, 0.2) is 48.7 Å². The molecule has 0 saturated heterocycles. The summed E-state index contributed by atoms with van der Waals surface area (Å²) in [6.45, 7) is 6.80. The summed E-state index contributed by atoms with van der Waals surface area (Å²) in [6.07, 6.45) is 1.75. The van der Waals surface area contributed by atoms with Gasteiger partial charge in [0.1, 0.15) is 12.4 Å². The zero-order chi connectivity index (χ0) is 17.6. The van der Waals surface area contributed by atoms with Crippen LogP contribution in [0, 0.1) is 5.92 Å². The molecule has 2 aromatic rings.